The number of nitriles is 1. The summed E-state index contributed by atoms with van der Waals surface area (Å²) in [7, 11) is 0. The molecule has 0 bridgehead atoms. The zero-order valence-electron chi connectivity index (χ0n) is 25.5. The number of allylic oxidation sites excluding steroid dienone is 1. The molecule has 9 atom stereocenters. The molecule has 1 aromatic rings. The van der Waals surface area contributed by atoms with E-state index >= 15 is 0 Å². The third kappa shape index (κ3) is 5.60. The molecule has 4 aliphatic rings. The molecule has 0 amide bonds. The summed E-state index contributed by atoms with van der Waals surface area (Å²) in [5.74, 6) is 4.78. The molecule has 4 heteroatoms. The number of carbonyl (C=O) groups excluding carboxylic acids is 1. The Morgan fingerprint density at radius 1 is 1.10 bits per heavy atom. The van der Waals surface area contributed by atoms with E-state index in [2.05, 4.69) is 62.8 Å². The van der Waals surface area contributed by atoms with Crippen LogP contribution >= 0.6 is 0 Å². The molecule has 3 fully saturated rings. The third-order valence-corrected chi connectivity index (χ3v) is 13.0. The molecule has 40 heavy (non-hydrogen) atoms. The van der Waals surface area contributed by atoms with Crippen LogP contribution < -0.4 is 0 Å². The monoisotopic (exact) mass is 609 g/mol. The van der Waals surface area contributed by atoms with Crippen LogP contribution in [0, 0.1) is 57.7 Å². The summed E-state index contributed by atoms with van der Waals surface area (Å²) >= 11 is 2.36. The summed E-state index contributed by atoms with van der Waals surface area (Å²) in [6.45, 7) is 12.5. The van der Waals surface area contributed by atoms with Gasteiger partial charge in [0.05, 0.1) is 0 Å². The number of carbonyl (C=O) groups is 1. The quantitative estimate of drug-likeness (QED) is 0.169. The van der Waals surface area contributed by atoms with Crippen LogP contribution in [0.2, 0.25) is 0 Å². The molecule has 0 spiro atoms. The van der Waals surface area contributed by atoms with E-state index in [-0.39, 0.29) is 22.3 Å². The van der Waals surface area contributed by atoms with Gasteiger partial charge >= 0.3 is 157 Å². The summed E-state index contributed by atoms with van der Waals surface area (Å²) in [6, 6.07) is 9.60. The number of hydrogen-bond donors (Lipinski definition) is 0. The fraction of sp³-hybridized carbons (Fsp3) is 0.722. The van der Waals surface area contributed by atoms with Crippen LogP contribution in [-0.2, 0) is 4.74 Å². The minimum Gasteiger partial charge on any atom is -0.0591 e. The van der Waals surface area contributed by atoms with E-state index in [0.717, 1.165) is 60.3 Å². The SMILES string of the molecule is CC(C)CCC[C@@H](C)[C@H]1CC[C@H]2[C@@H]3CC=C4C[C@H](OC(=O)c5cccc(C([SeH])C#N)c5)CC[C@]4(C)[C@H]3CC[C@]12C. The second-order valence-electron chi connectivity index (χ2n) is 14.7. The molecular formula is C36H51NO2Se. The first-order chi connectivity index (χ1) is 19.1. The molecule has 0 heterocycles. The topological polar surface area (TPSA) is 50.1 Å². The fourth-order valence-electron chi connectivity index (χ4n) is 9.88. The van der Waals surface area contributed by atoms with Crippen LogP contribution in [0.5, 0.6) is 0 Å². The van der Waals surface area contributed by atoms with Gasteiger partial charge in [0.1, 0.15) is 0 Å². The molecule has 218 valence electrons. The van der Waals surface area contributed by atoms with Gasteiger partial charge in [0.15, 0.2) is 0 Å². The van der Waals surface area contributed by atoms with Crippen molar-refractivity contribution in [3.05, 3.63) is 47.0 Å². The Labute approximate surface area is 251 Å². The minimum absolute atomic E-state index is 0.0485. The van der Waals surface area contributed by atoms with Crippen molar-refractivity contribution in [2.24, 2.45) is 46.3 Å². The van der Waals surface area contributed by atoms with Gasteiger partial charge < -0.3 is 0 Å². The van der Waals surface area contributed by atoms with Gasteiger partial charge in [-0.15, -0.1) is 0 Å². The predicted molar refractivity (Wildman–Crippen MR) is 164 cm³/mol. The number of hydrogen-bond acceptors (Lipinski definition) is 3. The number of fused-ring (bicyclic) bond motifs is 5. The number of ether oxygens (including phenoxy) is 1. The van der Waals surface area contributed by atoms with Crippen LogP contribution in [0.25, 0.3) is 0 Å². The van der Waals surface area contributed by atoms with E-state index in [0.29, 0.717) is 11.0 Å². The fourth-order valence-corrected chi connectivity index (χ4v) is 10.2. The second-order valence-corrected chi connectivity index (χ2v) is 15.8. The van der Waals surface area contributed by atoms with Gasteiger partial charge in [0.2, 0.25) is 0 Å². The first kappa shape index (κ1) is 29.9. The summed E-state index contributed by atoms with van der Waals surface area (Å²) < 4.78 is 6.08. The van der Waals surface area contributed by atoms with Gasteiger partial charge in [-0.1, -0.05) is 47.0 Å². The normalized spacial score (nSPS) is 36.5. The average Bonchev–Trinajstić information content (AvgIpc) is 3.30. The molecule has 0 aliphatic heterocycles. The molecule has 0 aromatic heterocycles. The maximum atomic E-state index is 13.1. The summed E-state index contributed by atoms with van der Waals surface area (Å²) in [6.07, 6.45) is 16.5. The second kappa shape index (κ2) is 12.0. The van der Waals surface area contributed by atoms with Gasteiger partial charge in [-0.05, 0) is 48.3 Å². The molecular weight excluding hydrogens is 557 g/mol. The number of nitrogens with zero attached hydrogens (tertiary/aromatic N) is 1. The van der Waals surface area contributed by atoms with Crippen LogP contribution in [-0.4, -0.2) is 28.1 Å². The van der Waals surface area contributed by atoms with Gasteiger partial charge in [-0.25, -0.2) is 0 Å². The first-order valence-corrected chi connectivity index (χ1v) is 17.2. The van der Waals surface area contributed by atoms with Gasteiger partial charge in [0.25, 0.3) is 0 Å². The van der Waals surface area contributed by atoms with Crippen molar-refractivity contribution >= 4 is 22.0 Å². The molecule has 5 rings (SSSR count). The molecule has 0 radical (unpaired) electrons. The van der Waals surface area contributed by atoms with E-state index in [1.54, 1.807) is 11.6 Å². The van der Waals surface area contributed by atoms with Crippen LogP contribution in [0.4, 0.5) is 0 Å². The van der Waals surface area contributed by atoms with Crippen LogP contribution in [0.15, 0.2) is 35.9 Å². The zero-order chi connectivity index (χ0) is 28.7. The molecule has 0 saturated heterocycles. The Bertz CT molecular complexity index is 1150. The van der Waals surface area contributed by atoms with Gasteiger partial charge in [-0.3, -0.25) is 0 Å². The molecule has 3 saturated carbocycles. The van der Waals surface area contributed by atoms with E-state index in [1.165, 1.54) is 51.4 Å². The standard InChI is InChI=1S/C36H51NO2Se/c1-23(2)8-6-9-24(3)30-14-15-31-29-13-12-27-21-28(16-18-35(27,4)32(29)17-19-36(30,31)5)39-34(38)26-11-7-10-25(20-26)33(40)22-37/h7,10-12,20,23-24,28-33,40H,6,8-9,13-19,21H2,1-5H3/t24-,28-,29+,30-,31+,32+,33?,35+,36-/m1/s1. The van der Waals surface area contributed by atoms with Gasteiger partial charge in [0, 0.05) is 0 Å². The number of benzene rings is 1. The van der Waals surface area contributed by atoms with E-state index in [9.17, 15) is 10.1 Å². The molecule has 1 unspecified atom stereocenters. The van der Waals surface area contributed by atoms with Crippen molar-refractivity contribution in [3.8, 4) is 6.07 Å². The van der Waals surface area contributed by atoms with E-state index < -0.39 is 0 Å². The molecule has 0 N–H and O–H groups in total. The minimum atomic E-state index is -0.295. The van der Waals surface area contributed by atoms with E-state index in [4.69, 9.17) is 4.74 Å². The van der Waals surface area contributed by atoms with Crippen molar-refractivity contribution in [1.29, 1.82) is 5.26 Å². The summed E-state index contributed by atoms with van der Waals surface area (Å²) in [5, 5.41) is 9.26. The van der Waals surface area contributed by atoms with Crippen molar-refractivity contribution in [2.75, 3.05) is 0 Å². The Kier molecular flexibility index (Phi) is 8.95. The van der Waals surface area contributed by atoms with Crippen molar-refractivity contribution in [1.82, 2.24) is 0 Å². The molecule has 3 nitrogen and oxygen atoms in total. The number of rotatable bonds is 8. The van der Waals surface area contributed by atoms with Gasteiger partial charge in [-0.2, -0.15) is 0 Å². The van der Waals surface area contributed by atoms with Crippen LogP contribution in [0.1, 0.15) is 126 Å². The Morgan fingerprint density at radius 3 is 2.65 bits per heavy atom. The van der Waals surface area contributed by atoms with Crippen molar-refractivity contribution < 1.29 is 9.53 Å². The Hall–Kier alpha value is -1.56. The molecule has 4 aliphatic carbocycles. The van der Waals surface area contributed by atoms with Crippen molar-refractivity contribution in [3.63, 3.8) is 0 Å². The Balaban J connectivity index is 1.24. The number of esters is 1. The predicted octanol–water partition coefficient (Wildman–Crippen LogP) is 8.72. The third-order valence-electron chi connectivity index (χ3n) is 12.1. The Morgan fingerprint density at radius 2 is 1.90 bits per heavy atom. The maximum absolute atomic E-state index is 13.1. The first-order valence-electron chi connectivity index (χ1n) is 16.1. The van der Waals surface area contributed by atoms with Crippen molar-refractivity contribution in [2.45, 2.75) is 116 Å². The smallest absolute Gasteiger partial charge is 0.0591 e. The average molecular weight is 609 g/mol. The van der Waals surface area contributed by atoms with Crippen LogP contribution in [0.3, 0.4) is 0 Å². The summed E-state index contributed by atoms with van der Waals surface area (Å²) in [4.78, 5) is 12.8. The van der Waals surface area contributed by atoms with E-state index in [1.807, 2.05) is 18.2 Å². The zero-order valence-corrected chi connectivity index (χ0v) is 27.4. The molecule has 1 aromatic carbocycles. The summed E-state index contributed by atoms with van der Waals surface area (Å²) in [5.41, 5.74) is 3.73.